The van der Waals surface area contributed by atoms with Crippen LogP contribution in [0.3, 0.4) is 0 Å². The minimum atomic E-state index is 0.860. The number of hydrogen-bond acceptors (Lipinski definition) is 2. The highest BCUT2D eigenvalue weighted by Crippen LogP contribution is 2.39. The van der Waals surface area contributed by atoms with E-state index in [4.69, 9.17) is 9.40 Å². The first-order valence-electron chi connectivity index (χ1n) is 8.08. The van der Waals surface area contributed by atoms with Crippen molar-refractivity contribution in [3.05, 3.63) is 78.4 Å². The molecule has 0 N–H and O–H groups in total. The third-order valence-electron chi connectivity index (χ3n) is 4.51. The van der Waals surface area contributed by atoms with E-state index in [2.05, 4.69) is 55.5 Å². The van der Waals surface area contributed by atoms with Crippen molar-refractivity contribution in [2.75, 3.05) is 0 Å². The third-order valence-corrected chi connectivity index (χ3v) is 4.51. The number of aromatic nitrogens is 1. The fourth-order valence-corrected chi connectivity index (χ4v) is 3.39. The Hall–Kier alpha value is -3.13. The van der Waals surface area contributed by atoms with Crippen molar-refractivity contribution in [2.24, 2.45) is 0 Å². The van der Waals surface area contributed by atoms with Crippen molar-refractivity contribution < 1.29 is 4.42 Å². The molecule has 0 fully saturated rings. The van der Waals surface area contributed by atoms with E-state index in [1.165, 1.54) is 5.56 Å². The van der Waals surface area contributed by atoms with Crippen LogP contribution in [0.5, 0.6) is 0 Å². The molecule has 0 aliphatic rings. The zero-order valence-corrected chi connectivity index (χ0v) is 13.3. The van der Waals surface area contributed by atoms with E-state index in [0.717, 1.165) is 44.1 Å². The lowest BCUT2D eigenvalue weighted by Crippen LogP contribution is -1.87. The van der Waals surface area contributed by atoms with Gasteiger partial charge in [-0.1, -0.05) is 54.6 Å². The average molecular weight is 309 g/mol. The zero-order chi connectivity index (χ0) is 16.1. The molecule has 2 heteroatoms. The Balaban J connectivity index is 2.05. The van der Waals surface area contributed by atoms with Gasteiger partial charge in [0.05, 0.1) is 5.52 Å². The zero-order valence-electron chi connectivity index (χ0n) is 13.3. The normalized spacial score (nSPS) is 11.5. The lowest BCUT2D eigenvalue weighted by atomic mass is 9.99. The second-order valence-electron chi connectivity index (χ2n) is 6.15. The first-order valence-corrected chi connectivity index (χ1v) is 8.08. The van der Waals surface area contributed by atoms with Crippen LogP contribution in [0.1, 0.15) is 5.56 Å². The minimum absolute atomic E-state index is 0.860. The van der Waals surface area contributed by atoms with Crippen molar-refractivity contribution in [1.29, 1.82) is 0 Å². The molecule has 5 rings (SSSR count). The Morgan fingerprint density at radius 3 is 2.46 bits per heavy atom. The fraction of sp³-hybridized carbons (Fsp3) is 0.0455. The number of benzene rings is 3. The number of pyridine rings is 1. The largest absolute Gasteiger partial charge is 0.454 e. The molecule has 114 valence electrons. The molecule has 0 amide bonds. The molecule has 0 radical (unpaired) electrons. The maximum Gasteiger partial charge on any atom is 0.162 e. The lowest BCUT2D eigenvalue weighted by molar-refractivity contribution is 0.670. The molecular formula is C22H15NO. The van der Waals surface area contributed by atoms with Gasteiger partial charge in [-0.15, -0.1) is 0 Å². The van der Waals surface area contributed by atoms with Gasteiger partial charge in [-0.05, 0) is 36.2 Å². The molecule has 0 atom stereocenters. The van der Waals surface area contributed by atoms with Crippen molar-refractivity contribution in [2.45, 2.75) is 6.92 Å². The van der Waals surface area contributed by atoms with Gasteiger partial charge in [0.25, 0.3) is 0 Å². The summed E-state index contributed by atoms with van der Waals surface area (Å²) in [5, 5.41) is 2.19. The predicted molar refractivity (Wildman–Crippen MR) is 99.2 cm³/mol. The summed E-state index contributed by atoms with van der Waals surface area (Å²) >= 11 is 0. The number of hydrogen-bond donors (Lipinski definition) is 0. The smallest absolute Gasteiger partial charge is 0.162 e. The minimum Gasteiger partial charge on any atom is -0.454 e. The number of nitrogens with zero attached hydrogens (tertiary/aromatic N) is 1. The molecule has 0 bridgehead atoms. The fourth-order valence-electron chi connectivity index (χ4n) is 3.39. The first-order chi connectivity index (χ1) is 11.8. The molecule has 3 aromatic carbocycles. The van der Waals surface area contributed by atoms with Crippen molar-refractivity contribution in [3.8, 4) is 11.1 Å². The molecule has 0 aliphatic carbocycles. The molecule has 2 aromatic heterocycles. The first kappa shape index (κ1) is 13.3. The second kappa shape index (κ2) is 4.93. The molecule has 0 aliphatic heterocycles. The van der Waals surface area contributed by atoms with Gasteiger partial charge in [0, 0.05) is 16.3 Å². The summed E-state index contributed by atoms with van der Waals surface area (Å²) in [5.41, 5.74) is 7.16. The third kappa shape index (κ3) is 1.86. The highest BCUT2D eigenvalue weighted by atomic mass is 16.3. The number of rotatable bonds is 1. The van der Waals surface area contributed by atoms with Gasteiger partial charge < -0.3 is 4.42 Å². The van der Waals surface area contributed by atoms with Crippen LogP contribution in [0.25, 0.3) is 44.1 Å². The molecule has 0 saturated carbocycles. The van der Waals surface area contributed by atoms with E-state index in [1.807, 2.05) is 24.3 Å². The van der Waals surface area contributed by atoms with Crippen LogP contribution >= 0.6 is 0 Å². The standard InChI is InChI=1S/C22H15NO/c1-14-11-12-16-18(13-14)23-21-17-9-5-6-10-19(17)24-22(21)20(16)15-7-3-2-4-8-15/h2-13H,1H3. The van der Waals surface area contributed by atoms with Crippen molar-refractivity contribution >= 4 is 33.0 Å². The summed E-state index contributed by atoms with van der Waals surface area (Å²) in [4.78, 5) is 4.92. The van der Waals surface area contributed by atoms with Crippen LogP contribution in [0.4, 0.5) is 0 Å². The summed E-state index contributed by atoms with van der Waals surface area (Å²) in [7, 11) is 0. The second-order valence-corrected chi connectivity index (χ2v) is 6.15. The molecular weight excluding hydrogens is 294 g/mol. The van der Waals surface area contributed by atoms with Crippen LogP contribution in [0, 0.1) is 6.92 Å². The summed E-state index contributed by atoms with van der Waals surface area (Å²) < 4.78 is 6.21. The van der Waals surface area contributed by atoms with Gasteiger partial charge in [-0.25, -0.2) is 4.98 Å². The summed E-state index contributed by atoms with van der Waals surface area (Å²) in [6.45, 7) is 2.10. The average Bonchev–Trinajstić information content (AvgIpc) is 2.98. The number of aryl methyl sites for hydroxylation is 1. The van der Waals surface area contributed by atoms with Gasteiger partial charge in [0.1, 0.15) is 11.1 Å². The molecule has 0 spiro atoms. The summed E-state index contributed by atoms with van der Waals surface area (Å²) in [6.07, 6.45) is 0. The molecule has 5 aromatic rings. The van der Waals surface area contributed by atoms with Crippen molar-refractivity contribution in [1.82, 2.24) is 4.98 Å². The highest BCUT2D eigenvalue weighted by molar-refractivity contribution is 6.14. The Morgan fingerprint density at radius 1 is 0.792 bits per heavy atom. The van der Waals surface area contributed by atoms with E-state index >= 15 is 0 Å². The SMILES string of the molecule is Cc1ccc2c(-c3ccccc3)c3oc4ccccc4c3nc2c1. The van der Waals surface area contributed by atoms with Gasteiger partial charge >= 0.3 is 0 Å². The Bertz CT molecular complexity index is 1200. The number of furan rings is 1. The summed E-state index contributed by atoms with van der Waals surface area (Å²) in [6, 6.07) is 24.9. The van der Waals surface area contributed by atoms with E-state index in [-0.39, 0.29) is 0 Å². The monoisotopic (exact) mass is 309 g/mol. The topological polar surface area (TPSA) is 26.0 Å². The van der Waals surface area contributed by atoms with Gasteiger partial charge in [-0.2, -0.15) is 0 Å². The van der Waals surface area contributed by atoms with Crippen molar-refractivity contribution in [3.63, 3.8) is 0 Å². The van der Waals surface area contributed by atoms with E-state index in [1.54, 1.807) is 0 Å². The van der Waals surface area contributed by atoms with Crippen LogP contribution in [-0.4, -0.2) is 4.98 Å². The van der Waals surface area contributed by atoms with E-state index in [0.29, 0.717) is 0 Å². The predicted octanol–water partition coefficient (Wildman–Crippen LogP) is 6.11. The van der Waals surface area contributed by atoms with E-state index < -0.39 is 0 Å². The number of para-hydroxylation sites is 1. The Labute approximate surface area is 139 Å². The maximum atomic E-state index is 6.21. The molecule has 0 saturated heterocycles. The van der Waals surface area contributed by atoms with Crippen LogP contribution in [-0.2, 0) is 0 Å². The quantitative estimate of drug-likeness (QED) is 0.373. The Morgan fingerprint density at radius 2 is 1.58 bits per heavy atom. The van der Waals surface area contributed by atoms with Crippen LogP contribution in [0.2, 0.25) is 0 Å². The molecule has 0 unspecified atom stereocenters. The highest BCUT2D eigenvalue weighted by Gasteiger charge is 2.17. The lowest BCUT2D eigenvalue weighted by Gasteiger charge is -2.08. The molecule has 2 heterocycles. The maximum absolute atomic E-state index is 6.21. The number of fused-ring (bicyclic) bond motifs is 4. The molecule has 24 heavy (non-hydrogen) atoms. The van der Waals surface area contributed by atoms with Gasteiger partial charge in [0.15, 0.2) is 5.58 Å². The van der Waals surface area contributed by atoms with Crippen LogP contribution in [0.15, 0.2) is 77.2 Å². The molecule has 2 nitrogen and oxygen atoms in total. The van der Waals surface area contributed by atoms with Gasteiger partial charge in [-0.3, -0.25) is 0 Å². The van der Waals surface area contributed by atoms with Crippen LogP contribution < -0.4 is 0 Å². The summed E-state index contributed by atoms with van der Waals surface area (Å²) in [5.74, 6) is 0. The Kier molecular flexibility index (Phi) is 2.74. The van der Waals surface area contributed by atoms with E-state index in [9.17, 15) is 0 Å². The van der Waals surface area contributed by atoms with Gasteiger partial charge in [0.2, 0.25) is 0 Å².